The zero-order chi connectivity index (χ0) is 15.3. The molecule has 0 N–H and O–H groups in total. The Bertz CT molecular complexity index is 907. The first kappa shape index (κ1) is 14.6. The Balaban J connectivity index is 1.99. The second-order valence-corrected chi connectivity index (χ2v) is 9.68. The largest absolute Gasteiger partial charge is 0.187 e. The van der Waals surface area contributed by atoms with Gasteiger partial charge in [-0.05, 0) is 56.1 Å². The van der Waals surface area contributed by atoms with Gasteiger partial charge in [0.15, 0.2) is 0 Å². The second kappa shape index (κ2) is 5.56. The fourth-order valence-electron chi connectivity index (χ4n) is 2.41. The normalized spacial score (nSPS) is 11.4. The van der Waals surface area contributed by atoms with E-state index in [0.717, 1.165) is 29.7 Å². The molecule has 0 atom stereocenters. The van der Waals surface area contributed by atoms with Crippen LogP contribution in [0.3, 0.4) is 0 Å². The summed E-state index contributed by atoms with van der Waals surface area (Å²) in [7, 11) is 1.86. The summed E-state index contributed by atoms with van der Waals surface area (Å²) in [5.41, 5.74) is 4.13. The van der Waals surface area contributed by atoms with E-state index in [2.05, 4.69) is 78.5 Å². The van der Waals surface area contributed by atoms with Crippen LogP contribution in [0.15, 0.2) is 44.0 Å². The average molecular weight is 455 g/mol. The number of fused-ring (bicyclic) bond motifs is 1. The Hall–Kier alpha value is -1.02. The highest BCUT2D eigenvalue weighted by atomic mass is 79.9. The van der Waals surface area contributed by atoms with Crippen molar-refractivity contribution in [1.82, 2.24) is 15.0 Å². The highest BCUT2D eigenvalue weighted by molar-refractivity contribution is 9.11. The van der Waals surface area contributed by atoms with E-state index < -0.39 is 0 Å². The summed E-state index contributed by atoms with van der Waals surface area (Å²) in [5, 5.41) is 9.16. The predicted molar refractivity (Wildman–Crippen MR) is 101 cm³/mol. The van der Waals surface area contributed by atoms with Crippen LogP contribution < -0.4 is 0 Å². The van der Waals surface area contributed by atoms with Crippen LogP contribution in [0.5, 0.6) is 0 Å². The summed E-state index contributed by atoms with van der Waals surface area (Å²) in [5.74, 6) is 0. The minimum Gasteiger partial charge on any atom is -0.187 e. The van der Waals surface area contributed by atoms with Crippen molar-refractivity contribution in [1.29, 1.82) is 0 Å². The van der Waals surface area contributed by atoms with Crippen LogP contribution in [0.4, 0.5) is 0 Å². The lowest BCUT2D eigenvalue weighted by molar-refractivity contribution is 0.665. The molecular formula is C15H9Br2N3S2. The lowest BCUT2D eigenvalue weighted by atomic mass is 10.1. The monoisotopic (exact) mass is 453 g/mol. The first-order chi connectivity index (χ1) is 10.6. The highest BCUT2D eigenvalue weighted by Gasteiger charge is 2.16. The third-order valence-corrected chi connectivity index (χ3v) is 6.63. The molecule has 3 nitrogen and oxygen atoms in total. The van der Waals surface area contributed by atoms with Gasteiger partial charge in [-0.1, -0.05) is 12.1 Å². The zero-order valence-corrected chi connectivity index (χ0v) is 16.2. The number of aromatic nitrogens is 3. The molecule has 110 valence electrons. The molecule has 0 aliphatic rings. The van der Waals surface area contributed by atoms with E-state index in [1.807, 2.05) is 7.05 Å². The molecule has 0 radical (unpaired) electrons. The number of thiophene rings is 2. The maximum absolute atomic E-state index is 4.58. The first-order valence-corrected chi connectivity index (χ1v) is 9.69. The molecule has 4 rings (SSSR count). The Morgan fingerprint density at radius 1 is 0.773 bits per heavy atom. The minimum absolute atomic E-state index is 0.943. The predicted octanol–water partition coefficient (Wildman–Crippen LogP) is 5.95. The number of hydrogen-bond donors (Lipinski definition) is 0. The van der Waals surface area contributed by atoms with E-state index in [-0.39, 0.29) is 0 Å². The van der Waals surface area contributed by atoms with E-state index in [9.17, 15) is 0 Å². The molecule has 3 aromatic heterocycles. The van der Waals surface area contributed by atoms with Crippen molar-refractivity contribution < 1.29 is 0 Å². The van der Waals surface area contributed by atoms with Gasteiger partial charge in [-0.25, -0.2) is 0 Å². The third kappa shape index (κ3) is 2.46. The quantitative estimate of drug-likeness (QED) is 0.374. The fraction of sp³-hybridized carbons (Fsp3) is 0.0667. The van der Waals surface area contributed by atoms with E-state index in [0.29, 0.717) is 0 Å². The van der Waals surface area contributed by atoms with Gasteiger partial charge in [-0.3, -0.25) is 0 Å². The SMILES string of the molecule is Cn1nc2c(-c3ccc(Br)s3)ccc(-c3ccc(Br)s3)c2n1. The second-order valence-electron chi connectivity index (χ2n) is 4.75. The summed E-state index contributed by atoms with van der Waals surface area (Å²) in [6.07, 6.45) is 0. The van der Waals surface area contributed by atoms with Gasteiger partial charge in [0.2, 0.25) is 0 Å². The van der Waals surface area contributed by atoms with Gasteiger partial charge in [0, 0.05) is 27.9 Å². The molecule has 0 amide bonds. The van der Waals surface area contributed by atoms with Crippen LogP contribution >= 0.6 is 54.5 Å². The van der Waals surface area contributed by atoms with Gasteiger partial charge in [0.25, 0.3) is 0 Å². The van der Waals surface area contributed by atoms with Gasteiger partial charge >= 0.3 is 0 Å². The molecule has 0 bridgehead atoms. The number of rotatable bonds is 2. The Morgan fingerprint density at radius 3 is 1.59 bits per heavy atom. The zero-order valence-electron chi connectivity index (χ0n) is 11.4. The molecule has 22 heavy (non-hydrogen) atoms. The van der Waals surface area contributed by atoms with Crippen molar-refractivity contribution in [2.24, 2.45) is 7.05 Å². The molecule has 0 aliphatic heterocycles. The van der Waals surface area contributed by atoms with Crippen LogP contribution in [0.2, 0.25) is 0 Å². The number of halogens is 2. The van der Waals surface area contributed by atoms with Crippen molar-refractivity contribution >= 4 is 65.6 Å². The maximum atomic E-state index is 4.58. The third-order valence-electron chi connectivity index (χ3n) is 3.32. The van der Waals surface area contributed by atoms with Crippen LogP contribution in [0.25, 0.3) is 31.9 Å². The van der Waals surface area contributed by atoms with E-state index in [4.69, 9.17) is 0 Å². The molecule has 7 heteroatoms. The lowest BCUT2D eigenvalue weighted by Gasteiger charge is -2.02. The summed E-state index contributed by atoms with van der Waals surface area (Å²) >= 11 is 10.5. The van der Waals surface area contributed by atoms with Crippen LogP contribution in [0.1, 0.15) is 0 Å². The fourth-order valence-corrected chi connectivity index (χ4v) is 5.23. The van der Waals surface area contributed by atoms with Gasteiger partial charge in [-0.15, -0.1) is 22.7 Å². The number of hydrogen-bond acceptors (Lipinski definition) is 4. The van der Waals surface area contributed by atoms with Crippen molar-refractivity contribution in [2.75, 3.05) is 0 Å². The average Bonchev–Trinajstić information content (AvgIpc) is 3.17. The summed E-state index contributed by atoms with van der Waals surface area (Å²) in [6.45, 7) is 0. The van der Waals surface area contributed by atoms with Gasteiger partial charge in [0.1, 0.15) is 11.0 Å². The highest BCUT2D eigenvalue weighted by Crippen LogP contribution is 2.40. The van der Waals surface area contributed by atoms with E-state index in [1.165, 1.54) is 9.75 Å². The number of benzene rings is 1. The van der Waals surface area contributed by atoms with Gasteiger partial charge in [0.05, 0.1) is 7.57 Å². The van der Waals surface area contributed by atoms with Crippen molar-refractivity contribution in [3.05, 3.63) is 44.0 Å². The minimum atomic E-state index is 0.943. The first-order valence-electron chi connectivity index (χ1n) is 6.47. The van der Waals surface area contributed by atoms with Crippen molar-refractivity contribution in [2.45, 2.75) is 0 Å². The molecule has 0 unspecified atom stereocenters. The molecule has 0 saturated heterocycles. The Labute approximate surface area is 151 Å². The summed E-state index contributed by atoms with van der Waals surface area (Å²) in [4.78, 5) is 4.02. The molecule has 1 aromatic carbocycles. The summed E-state index contributed by atoms with van der Waals surface area (Å²) in [6, 6.07) is 12.6. The van der Waals surface area contributed by atoms with Gasteiger partial charge < -0.3 is 0 Å². The number of aryl methyl sites for hydroxylation is 1. The Morgan fingerprint density at radius 2 is 1.23 bits per heavy atom. The smallest absolute Gasteiger partial charge is 0.122 e. The molecule has 0 fully saturated rings. The van der Waals surface area contributed by atoms with Crippen LogP contribution in [-0.2, 0) is 7.05 Å². The topological polar surface area (TPSA) is 30.7 Å². The molecule has 0 aliphatic carbocycles. The Kier molecular flexibility index (Phi) is 3.68. The van der Waals surface area contributed by atoms with Crippen molar-refractivity contribution in [3.8, 4) is 20.9 Å². The molecule has 0 spiro atoms. The van der Waals surface area contributed by atoms with Crippen molar-refractivity contribution in [3.63, 3.8) is 0 Å². The lowest BCUT2D eigenvalue weighted by Crippen LogP contribution is -1.90. The van der Waals surface area contributed by atoms with Gasteiger partial charge in [-0.2, -0.15) is 15.0 Å². The molecule has 0 saturated carbocycles. The number of nitrogens with zero attached hydrogens (tertiary/aromatic N) is 3. The van der Waals surface area contributed by atoms with E-state index in [1.54, 1.807) is 27.5 Å². The van der Waals surface area contributed by atoms with E-state index >= 15 is 0 Å². The van der Waals surface area contributed by atoms with Crippen LogP contribution in [-0.4, -0.2) is 15.0 Å². The standard InChI is InChI=1S/C15H9Br2N3S2/c1-20-18-14-8(10-4-6-12(16)21-10)2-3-9(15(14)19-20)11-5-7-13(17)22-11/h2-7H,1H3. The molecular weight excluding hydrogens is 446 g/mol. The molecule has 4 aromatic rings. The summed E-state index contributed by atoms with van der Waals surface area (Å²) < 4.78 is 2.23. The molecule has 3 heterocycles. The van der Waals surface area contributed by atoms with Crippen LogP contribution in [0, 0.1) is 0 Å². The maximum Gasteiger partial charge on any atom is 0.122 e.